The van der Waals surface area contributed by atoms with Gasteiger partial charge in [0.25, 0.3) is 0 Å². The molecular weight excluding hydrogens is 268 g/mol. The summed E-state index contributed by atoms with van der Waals surface area (Å²) >= 11 is 0. The summed E-state index contributed by atoms with van der Waals surface area (Å²) in [6.07, 6.45) is 0.804. The van der Waals surface area contributed by atoms with Gasteiger partial charge in [-0.05, 0) is 19.4 Å². The van der Waals surface area contributed by atoms with Crippen molar-refractivity contribution in [2.75, 3.05) is 26.3 Å². The van der Waals surface area contributed by atoms with Crippen LogP contribution in [-0.2, 0) is 9.53 Å². The van der Waals surface area contributed by atoms with Gasteiger partial charge in [0.15, 0.2) is 0 Å². The summed E-state index contributed by atoms with van der Waals surface area (Å²) < 4.78 is 5.27. The van der Waals surface area contributed by atoms with Gasteiger partial charge in [0.2, 0.25) is 5.91 Å². The Kier molecular flexibility index (Phi) is 5.59. The predicted molar refractivity (Wildman–Crippen MR) is 81.1 cm³/mol. The Morgan fingerprint density at radius 2 is 2.05 bits per heavy atom. The molecular formula is C16H24N2O3. The van der Waals surface area contributed by atoms with Crippen LogP contribution in [-0.4, -0.2) is 48.3 Å². The first kappa shape index (κ1) is 15.8. The SMILES string of the molecule is CCC(NC(C)C(=O)N1CCOCC1)c1ccccc1O. The van der Waals surface area contributed by atoms with E-state index in [2.05, 4.69) is 5.32 Å². The molecule has 0 aromatic heterocycles. The summed E-state index contributed by atoms with van der Waals surface area (Å²) in [5.41, 5.74) is 0.835. The zero-order chi connectivity index (χ0) is 15.2. The maximum absolute atomic E-state index is 12.4. The van der Waals surface area contributed by atoms with Crippen molar-refractivity contribution in [2.24, 2.45) is 0 Å². The monoisotopic (exact) mass is 292 g/mol. The van der Waals surface area contributed by atoms with Crippen molar-refractivity contribution in [3.8, 4) is 5.75 Å². The highest BCUT2D eigenvalue weighted by Gasteiger charge is 2.25. The summed E-state index contributed by atoms with van der Waals surface area (Å²) in [4.78, 5) is 14.2. The maximum Gasteiger partial charge on any atom is 0.239 e. The maximum atomic E-state index is 12.4. The quantitative estimate of drug-likeness (QED) is 0.867. The van der Waals surface area contributed by atoms with E-state index in [1.165, 1.54) is 0 Å². The van der Waals surface area contributed by atoms with E-state index < -0.39 is 0 Å². The fourth-order valence-electron chi connectivity index (χ4n) is 2.64. The van der Waals surface area contributed by atoms with Crippen molar-refractivity contribution in [3.63, 3.8) is 0 Å². The lowest BCUT2D eigenvalue weighted by Gasteiger charge is -2.31. The van der Waals surface area contributed by atoms with Gasteiger partial charge in [-0.25, -0.2) is 0 Å². The second-order valence-electron chi connectivity index (χ2n) is 5.35. The molecule has 116 valence electrons. The number of nitrogens with one attached hydrogen (secondary N) is 1. The number of carbonyl (C=O) groups excluding carboxylic acids is 1. The average molecular weight is 292 g/mol. The Bertz CT molecular complexity index is 472. The molecule has 1 saturated heterocycles. The Balaban J connectivity index is 2.00. The molecule has 2 atom stereocenters. The van der Waals surface area contributed by atoms with Gasteiger partial charge < -0.3 is 14.7 Å². The number of phenols is 1. The average Bonchev–Trinajstić information content (AvgIpc) is 2.53. The number of benzene rings is 1. The molecule has 0 radical (unpaired) electrons. The first-order chi connectivity index (χ1) is 10.1. The summed E-state index contributed by atoms with van der Waals surface area (Å²) in [6, 6.07) is 6.94. The number of ether oxygens (including phenoxy) is 1. The van der Waals surface area contributed by atoms with Crippen molar-refractivity contribution in [1.82, 2.24) is 10.2 Å². The number of hydrogen-bond donors (Lipinski definition) is 2. The van der Waals surface area contributed by atoms with E-state index in [4.69, 9.17) is 4.74 Å². The van der Waals surface area contributed by atoms with Crippen LogP contribution in [0.3, 0.4) is 0 Å². The van der Waals surface area contributed by atoms with Gasteiger partial charge in [0, 0.05) is 24.7 Å². The topological polar surface area (TPSA) is 61.8 Å². The fraction of sp³-hybridized carbons (Fsp3) is 0.562. The Morgan fingerprint density at radius 1 is 1.38 bits per heavy atom. The largest absolute Gasteiger partial charge is 0.508 e. The van der Waals surface area contributed by atoms with E-state index in [9.17, 15) is 9.90 Å². The minimum atomic E-state index is -0.285. The highest BCUT2D eigenvalue weighted by molar-refractivity contribution is 5.81. The zero-order valence-electron chi connectivity index (χ0n) is 12.7. The normalized spacial score (nSPS) is 18.3. The molecule has 5 nitrogen and oxygen atoms in total. The highest BCUT2D eigenvalue weighted by Crippen LogP contribution is 2.26. The minimum Gasteiger partial charge on any atom is -0.508 e. The number of aromatic hydroxyl groups is 1. The van der Waals surface area contributed by atoms with Gasteiger partial charge in [0.05, 0.1) is 19.3 Å². The van der Waals surface area contributed by atoms with Gasteiger partial charge in [-0.3, -0.25) is 10.1 Å². The first-order valence-electron chi connectivity index (χ1n) is 7.54. The molecule has 1 aromatic rings. The van der Waals surface area contributed by atoms with E-state index in [0.29, 0.717) is 26.3 Å². The van der Waals surface area contributed by atoms with Crippen LogP contribution in [0.25, 0.3) is 0 Å². The standard InChI is InChI=1S/C16H24N2O3/c1-3-14(13-6-4-5-7-15(13)19)17-12(2)16(20)18-8-10-21-11-9-18/h4-7,12,14,17,19H,3,8-11H2,1-2H3. The third-order valence-corrected chi connectivity index (χ3v) is 3.86. The molecule has 1 amide bonds. The van der Waals surface area contributed by atoms with Crippen LogP contribution in [0.1, 0.15) is 31.9 Å². The number of para-hydroxylation sites is 1. The van der Waals surface area contributed by atoms with Gasteiger partial charge in [-0.1, -0.05) is 25.1 Å². The summed E-state index contributed by atoms with van der Waals surface area (Å²) in [5.74, 6) is 0.357. The van der Waals surface area contributed by atoms with Crippen molar-refractivity contribution < 1.29 is 14.6 Å². The van der Waals surface area contributed by atoms with Crippen LogP contribution in [0, 0.1) is 0 Å². The molecule has 1 aromatic carbocycles. The number of phenolic OH excluding ortho intramolecular Hbond substituents is 1. The second kappa shape index (κ2) is 7.43. The molecule has 1 fully saturated rings. The van der Waals surface area contributed by atoms with E-state index in [0.717, 1.165) is 12.0 Å². The van der Waals surface area contributed by atoms with E-state index >= 15 is 0 Å². The molecule has 1 heterocycles. The molecule has 21 heavy (non-hydrogen) atoms. The molecule has 2 unspecified atom stereocenters. The third-order valence-electron chi connectivity index (χ3n) is 3.86. The van der Waals surface area contributed by atoms with Gasteiger partial charge >= 0.3 is 0 Å². The second-order valence-corrected chi connectivity index (χ2v) is 5.35. The Hall–Kier alpha value is -1.59. The number of nitrogens with zero attached hydrogens (tertiary/aromatic N) is 1. The summed E-state index contributed by atoms with van der Waals surface area (Å²) in [6.45, 7) is 6.43. The summed E-state index contributed by atoms with van der Waals surface area (Å²) in [7, 11) is 0. The molecule has 0 bridgehead atoms. The number of carbonyl (C=O) groups is 1. The predicted octanol–water partition coefficient (Wildman–Crippen LogP) is 1.68. The Morgan fingerprint density at radius 3 is 2.67 bits per heavy atom. The highest BCUT2D eigenvalue weighted by atomic mass is 16.5. The molecule has 0 saturated carbocycles. The smallest absolute Gasteiger partial charge is 0.239 e. The van der Waals surface area contributed by atoms with Crippen LogP contribution < -0.4 is 5.32 Å². The summed E-state index contributed by atoms with van der Waals surface area (Å²) in [5, 5.41) is 13.3. The molecule has 1 aliphatic rings. The van der Waals surface area contributed by atoms with E-state index in [1.54, 1.807) is 12.1 Å². The van der Waals surface area contributed by atoms with Crippen molar-refractivity contribution in [3.05, 3.63) is 29.8 Å². The number of rotatable bonds is 5. The van der Waals surface area contributed by atoms with Crippen LogP contribution in [0.2, 0.25) is 0 Å². The van der Waals surface area contributed by atoms with Gasteiger partial charge in [-0.2, -0.15) is 0 Å². The zero-order valence-corrected chi connectivity index (χ0v) is 12.7. The lowest BCUT2D eigenvalue weighted by molar-refractivity contribution is -0.137. The Labute approximate surface area is 125 Å². The minimum absolute atomic E-state index is 0.0359. The van der Waals surface area contributed by atoms with Crippen LogP contribution >= 0.6 is 0 Å². The molecule has 5 heteroatoms. The number of amides is 1. The first-order valence-corrected chi connectivity index (χ1v) is 7.54. The molecule has 0 spiro atoms. The van der Waals surface area contributed by atoms with Gasteiger partial charge in [0.1, 0.15) is 5.75 Å². The van der Waals surface area contributed by atoms with Crippen molar-refractivity contribution in [1.29, 1.82) is 0 Å². The van der Waals surface area contributed by atoms with Crippen LogP contribution in [0.4, 0.5) is 0 Å². The van der Waals surface area contributed by atoms with Crippen LogP contribution in [0.5, 0.6) is 5.75 Å². The molecule has 2 N–H and O–H groups in total. The molecule has 0 aliphatic carbocycles. The third kappa shape index (κ3) is 3.95. The van der Waals surface area contributed by atoms with Crippen LogP contribution in [0.15, 0.2) is 24.3 Å². The van der Waals surface area contributed by atoms with E-state index in [-0.39, 0.29) is 23.7 Å². The number of hydrogen-bond acceptors (Lipinski definition) is 4. The lowest BCUT2D eigenvalue weighted by atomic mass is 10.0. The van der Waals surface area contributed by atoms with Crippen molar-refractivity contribution >= 4 is 5.91 Å². The number of morpholine rings is 1. The lowest BCUT2D eigenvalue weighted by Crippen LogP contribution is -2.49. The molecule has 2 rings (SSSR count). The molecule has 1 aliphatic heterocycles. The van der Waals surface area contributed by atoms with E-state index in [1.807, 2.05) is 30.9 Å². The van der Waals surface area contributed by atoms with Gasteiger partial charge in [-0.15, -0.1) is 0 Å². The fourth-order valence-corrected chi connectivity index (χ4v) is 2.64. The van der Waals surface area contributed by atoms with Crippen molar-refractivity contribution in [2.45, 2.75) is 32.4 Å².